The third kappa shape index (κ3) is 3.32. The molecular weight excluding hydrogens is 349 g/mol. The maximum absolute atomic E-state index is 13.9. The number of carbonyl (C=O) groups is 1. The lowest BCUT2D eigenvalue weighted by atomic mass is 10.0. The van der Waals surface area contributed by atoms with Gasteiger partial charge in [-0.3, -0.25) is 4.79 Å². The molecule has 2 aromatic heterocycles. The van der Waals surface area contributed by atoms with Crippen molar-refractivity contribution in [2.45, 2.75) is 6.42 Å². The largest absolute Gasteiger partial charge is 0.338 e. The molecule has 0 aliphatic carbocycles. The van der Waals surface area contributed by atoms with Gasteiger partial charge in [0.25, 0.3) is 0 Å². The Morgan fingerprint density at radius 2 is 1.88 bits per heavy atom. The summed E-state index contributed by atoms with van der Waals surface area (Å²) in [5, 5.41) is 1.76. The van der Waals surface area contributed by atoms with Crippen molar-refractivity contribution in [2.24, 2.45) is 0 Å². The molecule has 128 valence electrons. The van der Waals surface area contributed by atoms with Crippen molar-refractivity contribution in [3.63, 3.8) is 0 Å². The van der Waals surface area contributed by atoms with E-state index in [1.165, 1.54) is 17.4 Å². The van der Waals surface area contributed by atoms with Gasteiger partial charge in [-0.05, 0) is 23.3 Å². The van der Waals surface area contributed by atoms with Gasteiger partial charge >= 0.3 is 0 Å². The highest BCUT2D eigenvalue weighted by atomic mass is 32.1. The Morgan fingerprint density at radius 1 is 1.08 bits per heavy atom. The predicted octanol–water partition coefficient (Wildman–Crippen LogP) is 4.76. The molecule has 0 spiro atoms. The van der Waals surface area contributed by atoms with Gasteiger partial charge in [-0.15, -0.1) is 11.3 Å². The number of ketones is 1. The number of hydrogen-bond acceptors (Lipinski definition) is 4. The fourth-order valence-electron chi connectivity index (χ4n) is 2.69. The summed E-state index contributed by atoms with van der Waals surface area (Å²) in [6.45, 7) is 0. The Kier molecular flexibility index (Phi) is 4.41. The number of imidazole rings is 1. The molecule has 4 aromatic rings. The second kappa shape index (κ2) is 7.01. The average Bonchev–Trinajstić information content (AvgIpc) is 3.35. The van der Waals surface area contributed by atoms with E-state index in [0.29, 0.717) is 23.5 Å². The maximum Gasteiger partial charge on any atom is 0.186 e. The van der Waals surface area contributed by atoms with Crippen molar-refractivity contribution in [2.75, 3.05) is 0 Å². The van der Waals surface area contributed by atoms with Crippen LogP contribution in [0.1, 0.15) is 16.1 Å². The normalized spacial score (nSPS) is 10.8. The highest BCUT2D eigenvalue weighted by molar-refractivity contribution is 7.07. The van der Waals surface area contributed by atoms with Crippen molar-refractivity contribution in [1.29, 1.82) is 0 Å². The van der Waals surface area contributed by atoms with Crippen LogP contribution in [0.25, 0.3) is 22.6 Å². The van der Waals surface area contributed by atoms with Gasteiger partial charge in [0.15, 0.2) is 5.78 Å². The molecule has 26 heavy (non-hydrogen) atoms. The van der Waals surface area contributed by atoms with Crippen LogP contribution >= 0.6 is 11.3 Å². The van der Waals surface area contributed by atoms with Crippen LogP contribution in [0.4, 0.5) is 4.39 Å². The van der Waals surface area contributed by atoms with E-state index in [1.807, 2.05) is 24.3 Å². The molecule has 0 saturated carbocycles. The van der Waals surface area contributed by atoms with Crippen molar-refractivity contribution in [3.8, 4) is 22.6 Å². The van der Waals surface area contributed by atoms with Crippen LogP contribution in [-0.4, -0.2) is 20.7 Å². The molecule has 0 bridgehead atoms. The number of nitrogens with zero attached hydrogens (tertiary/aromatic N) is 2. The van der Waals surface area contributed by atoms with Crippen LogP contribution in [0.5, 0.6) is 0 Å². The highest BCUT2D eigenvalue weighted by Crippen LogP contribution is 2.24. The summed E-state index contributed by atoms with van der Waals surface area (Å²) in [5.74, 6) is 0.174. The number of carbonyl (C=O) groups excluding carboxylic acids is 1. The molecule has 0 unspecified atom stereocenters. The number of aromatic amines is 1. The quantitative estimate of drug-likeness (QED) is 0.520. The van der Waals surface area contributed by atoms with E-state index in [1.54, 1.807) is 35.3 Å². The molecule has 6 heteroatoms. The summed E-state index contributed by atoms with van der Waals surface area (Å²) in [6.07, 6.45) is 1.99. The molecule has 4 nitrogen and oxygen atoms in total. The molecule has 2 heterocycles. The van der Waals surface area contributed by atoms with Gasteiger partial charge in [-0.2, -0.15) is 0 Å². The molecule has 2 aromatic carbocycles. The number of halogens is 1. The second-order valence-corrected chi connectivity index (χ2v) is 6.51. The third-order valence-electron chi connectivity index (χ3n) is 4.05. The molecule has 0 radical (unpaired) electrons. The average molecular weight is 363 g/mol. The summed E-state index contributed by atoms with van der Waals surface area (Å²) in [5.41, 5.74) is 5.22. The summed E-state index contributed by atoms with van der Waals surface area (Å²) >= 11 is 1.41. The molecule has 4 rings (SSSR count). The number of aromatic nitrogens is 3. The fourth-order valence-corrected chi connectivity index (χ4v) is 3.24. The number of benzene rings is 2. The zero-order chi connectivity index (χ0) is 17.9. The van der Waals surface area contributed by atoms with Gasteiger partial charge < -0.3 is 4.98 Å². The minimum Gasteiger partial charge on any atom is -0.338 e. The highest BCUT2D eigenvalue weighted by Gasteiger charge is 2.11. The maximum atomic E-state index is 13.9. The standard InChI is InChI=1S/C20H14FN3OS/c21-16-4-2-1-3-15(16)20-22-10-17(24-20)14-7-5-13(6-8-14)9-19(25)18-11-26-12-23-18/h1-8,10-12H,9H2,(H,22,24). The number of Topliss-reactive ketones (excluding diaryl/α,β-unsaturated/α-hetero) is 1. The van der Waals surface area contributed by atoms with E-state index in [-0.39, 0.29) is 11.6 Å². The van der Waals surface area contributed by atoms with Crippen LogP contribution in [-0.2, 0) is 6.42 Å². The molecule has 0 aliphatic rings. The summed E-state index contributed by atoms with van der Waals surface area (Å²) < 4.78 is 13.9. The molecule has 0 fully saturated rings. The number of rotatable bonds is 5. The van der Waals surface area contributed by atoms with Crippen LogP contribution in [0.2, 0.25) is 0 Å². The Labute approximate surface area is 153 Å². The zero-order valence-corrected chi connectivity index (χ0v) is 14.5. The molecular formula is C20H14FN3OS. The van der Waals surface area contributed by atoms with Gasteiger partial charge in [-0.1, -0.05) is 36.4 Å². The first-order valence-corrected chi connectivity index (χ1v) is 8.95. The van der Waals surface area contributed by atoms with Crippen molar-refractivity contribution < 1.29 is 9.18 Å². The van der Waals surface area contributed by atoms with E-state index >= 15 is 0 Å². The Hall–Kier alpha value is -3.12. The topological polar surface area (TPSA) is 58.6 Å². The van der Waals surface area contributed by atoms with Crippen LogP contribution < -0.4 is 0 Å². The smallest absolute Gasteiger partial charge is 0.186 e. The fraction of sp³-hybridized carbons (Fsp3) is 0.0500. The van der Waals surface area contributed by atoms with Gasteiger partial charge in [0, 0.05) is 11.8 Å². The minimum atomic E-state index is -0.315. The van der Waals surface area contributed by atoms with Gasteiger partial charge in [0.1, 0.15) is 17.3 Å². The molecule has 1 N–H and O–H groups in total. The Balaban J connectivity index is 1.53. The van der Waals surface area contributed by atoms with E-state index < -0.39 is 0 Å². The summed E-state index contributed by atoms with van der Waals surface area (Å²) in [4.78, 5) is 23.6. The first-order chi connectivity index (χ1) is 12.7. The number of nitrogens with one attached hydrogen (secondary N) is 1. The van der Waals surface area contributed by atoms with Gasteiger partial charge in [0.2, 0.25) is 0 Å². The van der Waals surface area contributed by atoms with Crippen LogP contribution in [0, 0.1) is 5.82 Å². The van der Waals surface area contributed by atoms with Crippen molar-refractivity contribution >= 4 is 17.1 Å². The van der Waals surface area contributed by atoms with Crippen molar-refractivity contribution in [3.05, 3.63) is 82.7 Å². The number of thiazole rings is 1. The van der Waals surface area contributed by atoms with Crippen molar-refractivity contribution in [1.82, 2.24) is 15.0 Å². The molecule has 0 amide bonds. The van der Waals surface area contributed by atoms with Gasteiger partial charge in [-0.25, -0.2) is 14.4 Å². The Bertz CT molecular complexity index is 1040. The first kappa shape index (κ1) is 16.4. The third-order valence-corrected chi connectivity index (χ3v) is 4.64. The van der Waals surface area contributed by atoms with Gasteiger partial charge in [0.05, 0.1) is 23.0 Å². The predicted molar refractivity (Wildman–Crippen MR) is 99.6 cm³/mol. The molecule has 0 saturated heterocycles. The molecule has 0 aliphatic heterocycles. The zero-order valence-electron chi connectivity index (χ0n) is 13.6. The monoisotopic (exact) mass is 363 g/mol. The van der Waals surface area contributed by atoms with Crippen LogP contribution in [0.3, 0.4) is 0 Å². The lowest BCUT2D eigenvalue weighted by Crippen LogP contribution is -2.03. The molecule has 0 atom stereocenters. The summed E-state index contributed by atoms with van der Waals surface area (Å²) in [6, 6.07) is 14.2. The minimum absolute atomic E-state index is 0.00220. The van der Waals surface area contributed by atoms with E-state index in [4.69, 9.17) is 0 Å². The van der Waals surface area contributed by atoms with E-state index in [2.05, 4.69) is 15.0 Å². The Morgan fingerprint density at radius 3 is 2.62 bits per heavy atom. The number of H-pyrrole nitrogens is 1. The summed E-state index contributed by atoms with van der Waals surface area (Å²) in [7, 11) is 0. The second-order valence-electron chi connectivity index (χ2n) is 5.80. The van der Waals surface area contributed by atoms with E-state index in [9.17, 15) is 9.18 Å². The lowest BCUT2D eigenvalue weighted by Gasteiger charge is -2.02. The first-order valence-electron chi connectivity index (χ1n) is 8.01. The lowest BCUT2D eigenvalue weighted by molar-refractivity contribution is 0.0989. The van der Waals surface area contributed by atoms with E-state index in [0.717, 1.165) is 16.8 Å². The van der Waals surface area contributed by atoms with Crippen LogP contribution in [0.15, 0.2) is 65.6 Å². The number of hydrogen-bond donors (Lipinski definition) is 1. The SMILES string of the molecule is O=C(Cc1ccc(-c2cnc(-c3ccccc3F)[nH]2)cc1)c1cscn1.